The zero-order chi connectivity index (χ0) is 25.7. The Labute approximate surface area is 219 Å². The number of rotatable bonds is 9. The molecule has 1 aliphatic heterocycles. The lowest BCUT2D eigenvalue weighted by molar-refractivity contribution is -0.125. The van der Waals surface area contributed by atoms with Gasteiger partial charge in [0.05, 0.1) is 25.8 Å². The van der Waals surface area contributed by atoms with Gasteiger partial charge in [-0.25, -0.2) is 0 Å². The number of ether oxygens (including phenoxy) is 3. The molecule has 1 atom stereocenters. The fourth-order valence-corrected chi connectivity index (χ4v) is 4.32. The van der Waals surface area contributed by atoms with Gasteiger partial charge in [-0.2, -0.15) is 0 Å². The molecule has 36 heavy (non-hydrogen) atoms. The Balaban J connectivity index is 1.34. The lowest BCUT2D eigenvalue weighted by atomic mass is 10.1. The molecule has 3 aromatic carbocycles. The normalized spacial score (nSPS) is 14.9. The summed E-state index contributed by atoms with van der Waals surface area (Å²) in [6.07, 6.45) is 0.125. The Morgan fingerprint density at radius 2 is 1.72 bits per heavy atom. The molecule has 1 fully saturated rings. The fraction of sp³-hybridized carbons (Fsp3) is 0.231. The summed E-state index contributed by atoms with van der Waals surface area (Å²) < 4.78 is 16.4. The summed E-state index contributed by atoms with van der Waals surface area (Å²) in [6.45, 7) is 0.457. The highest BCUT2D eigenvalue weighted by Crippen LogP contribution is 2.33. The van der Waals surface area contributed by atoms with E-state index < -0.39 is 5.92 Å². The summed E-state index contributed by atoms with van der Waals surface area (Å²) in [5.41, 5.74) is 7.53. The highest BCUT2D eigenvalue weighted by atomic mass is 35.5. The minimum absolute atomic E-state index is 0.109. The average Bonchev–Trinajstić information content (AvgIpc) is 3.29. The van der Waals surface area contributed by atoms with Crippen molar-refractivity contribution in [1.82, 2.24) is 5.43 Å². The van der Waals surface area contributed by atoms with Crippen LogP contribution in [0.5, 0.6) is 17.2 Å². The van der Waals surface area contributed by atoms with Crippen LogP contribution in [-0.2, 0) is 16.2 Å². The summed E-state index contributed by atoms with van der Waals surface area (Å²) in [5, 5.41) is 1.02. The van der Waals surface area contributed by atoms with E-state index in [-0.39, 0.29) is 24.8 Å². The lowest BCUT2D eigenvalue weighted by Crippen LogP contribution is -2.36. The maximum absolute atomic E-state index is 12.7. The van der Waals surface area contributed by atoms with Crippen molar-refractivity contribution in [2.24, 2.45) is 5.92 Å². The van der Waals surface area contributed by atoms with Crippen molar-refractivity contribution < 1.29 is 23.8 Å². The second kappa shape index (κ2) is 11.4. The van der Waals surface area contributed by atoms with Gasteiger partial charge >= 0.3 is 0 Å². The first-order valence-electron chi connectivity index (χ1n) is 11.1. The number of methoxy groups -OCH3 is 2. The van der Waals surface area contributed by atoms with Gasteiger partial charge in [-0.05, 0) is 48.5 Å². The average molecular weight is 530 g/mol. The number of hydrazine groups is 1. The number of benzene rings is 3. The van der Waals surface area contributed by atoms with Crippen molar-refractivity contribution in [2.75, 3.05) is 31.1 Å². The predicted octanol–water partition coefficient (Wildman–Crippen LogP) is 5.09. The largest absolute Gasteiger partial charge is 0.497 e. The second-order valence-corrected chi connectivity index (χ2v) is 8.89. The van der Waals surface area contributed by atoms with Crippen LogP contribution < -0.4 is 30.0 Å². The van der Waals surface area contributed by atoms with Crippen LogP contribution in [0.25, 0.3) is 0 Å². The number of hydrogen-bond donors (Lipinski definition) is 2. The number of halogens is 2. The monoisotopic (exact) mass is 529 g/mol. The molecule has 1 aliphatic rings. The van der Waals surface area contributed by atoms with E-state index in [1.165, 1.54) is 7.11 Å². The van der Waals surface area contributed by atoms with Crippen LogP contribution in [0.2, 0.25) is 10.0 Å². The van der Waals surface area contributed by atoms with Crippen molar-refractivity contribution in [3.8, 4) is 17.2 Å². The quantitative estimate of drug-likeness (QED) is 0.375. The molecule has 2 amide bonds. The van der Waals surface area contributed by atoms with Crippen LogP contribution >= 0.6 is 23.2 Å². The minimum Gasteiger partial charge on any atom is -0.497 e. The zero-order valence-electron chi connectivity index (χ0n) is 19.7. The smallest absolute Gasteiger partial charge is 0.243 e. The van der Waals surface area contributed by atoms with Crippen LogP contribution in [-0.4, -0.2) is 32.6 Å². The van der Waals surface area contributed by atoms with E-state index in [0.29, 0.717) is 45.1 Å². The van der Waals surface area contributed by atoms with Gasteiger partial charge in [0.2, 0.25) is 11.8 Å². The first-order chi connectivity index (χ1) is 17.4. The molecule has 0 unspecified atom stereocenters. The minimum atomic E-state index is -0.489. The summed E-state index contributed by atoms with van der Waals surface area (Å²) in [4.78, 5) is 26.8. The van der Waals surface area contributed by atoms with Gasteiger partial charge in [-0.3, -0.25) is 20.4 Å². The van der Waals surface area contributed by atoms with E-state index >= 15 is 0 Å². The van der Waals surface area contributed by atoms with Crippen molar-refractivity contribution in [1.29, 1.82) is 0 Å². The number of carbonyl (C=O) groups is 2. The van der Waals surface area contributed by atoms with Crippen LogP contribution in [0.15, 0.2) is 60.7 Å². The fourth-order valence-electron chi connectivity index (χ4n) is 3.82. The highest BCUT2D eigenvalue weighted by Gasteiger charge is 2.35. The van der Waals surface area contributed by atoms with Gasteiger partial charge in [0.15, 0.2) is 11.5 Å². The summed E-state index contributed by atoms with van der Waals surface area (Å²) >= 11 is 12.4. The topological polar surface area (TPSA) is 89.1 Å². The number of anilines is 2. The molecular weight excluding hydrogens is 505 g/mol. The second-order valence-electron chi connectivity index (χ2n) is 8.07. The molecule has 0 spiro atoms. The molecule has 10 heteroatoms. The maximum atomic E-state index is 12.7. The van der Waals surface area contributed by atoms with Crippen LogP contribution in [0.3, 0.4) is 0 Å². The van der Waals surface area contributed by atoms with E-state index in [2.05, 4.69) is 10.9 Å². The Hall–Kier alpha value is -3.62. The van der Waals surface area contributed by atoms with Crippen molar-refractivity contribution >= 4 is 46.4 Å². The molecule has 1 heterocycles. The Morgan fingerprint density at radius 1 is 1.00 bits per heavy atom. The van der Waals surface area contributed by atoms with Crippen LogP contribution in [0, 0.1) is 5.92 Å². The molecule has 1 saturated heterocycles. The summed E-state index contributed by atoms with van der Waals surface area (Å²) in [6, 6.07) is 17.5. The number of hydrogen-bond acceptors (Lipinski definition) is 6. The van der Waals surface area contributed by atoms with Gasteiger partial charge in [0.1, 0.15) is 12.4 Å². The lowest BCUT2D eigenvalue weighted by Gasteiger charge is -2.18. The summed E-state index contributed by atoms with van der Waals surface area (Å²) in [7, 11) is 3.10. The van der Waals surface area contributed by atoms with Gasteiger partial charge in [-0.1, -0.05) is 29.3 Å². The molecule has 8 nitrogen and oxygen atoms in total. The standard InChI is InChI=1S/C26H25Cl2N3O5/c1-34-19-9-7-18(8-10-19)31-14-16(12-25(31)32)26(33)30-29-17-6-11-23(24(13-17)35-2)36-15-20-21(27)4-3-5-22(20)28/h3-11,13,16,29H,12,14-15H2,1-2H3,(H,30,33)/t16-/m0/s1. The highest BCUT2D eigenvalue weighted by molar-refractivity contribution is 6.35. The molecular formula is C26H25Cl2N3O5. The van der Waals surface area contributed by atoms with E-state index in [1.54, 1.807) is 72.7 Å². The number of nitrogens with zero attached hydrogens (tertiary/aromatic N) is 1. The van der Waals surface area contributed by atoms with Crippen molar-refractivity contribution in [3.05, 3.63) is 76.3 Å². The van der Waals surface area contributed by atoms with Gasteiger partial charge in [0, 0.05) is 40.3 Å². The SMILES string of the molecule is COc1ccc(N2C[C@@H](C(=O)NNc3ccc(OCc4c(Cl)cccc4Cl)c(OC)c3)CC2=O)cc1. The zero-order valence-corrected chi connectivity index (χ0v) is 21.2. The number of amides is 2. The van der Waals surface area contributed by atoms with Gasteiger partial charge < -0.3 is 19.1 Å². The third-order valence-corrected chi connectivity index (χ3v) is 6.52. The molecule has 4 rings (SSSR count). The summed E-state index contributed by atoms with van der Waals surface area (Å²) in [5.74, 6) is 0.760. The van der Waals surface area contributed by atoms with Crippen molar-refractivity contribution in [3.63, 3.8) is 0 Å². The van der Waals surface area contributed by atoms with E-state index in [4.69, 9.17) is 37.4 Å². The van der Waals surface area contributed by atoms with Gasteiger partial charge in [0.25, 0.3) is 0 Å². The maximum Gasteiger partial charge on any atom is 0.243 e. The third kappa shape index (κ3) is 5.78. The molecule has 188 valence electrons. The Bertz CT molecular complexity index is 1230. The molecule has 0 aromatic heterocycles. The van der Waals surface area contributed by atoms with E-state index in [1.807, 2.05) is 0 Å². The van der Waals surface area contributed by atoms with Gasteiger partial charge in [-0.15, -0.1) is 0 Å². The van der Waals surface area contributed by atoms with E-state index in [0.717, 1.165) is 5.69 Å². The van der Waals surface area contributed by atoms with Crippen LogP contribution in [0.4, 0.5) is 11.4 Å². The number of nitrogens with one attached hydrogen (secondary N) is 2. The van der Waals surface area contributed by atoms with Crippen molar-refractivity contribution in [2.45, 2.75) is 13.0 Å². The molecule has 2 N–H and O–H groups in total. The Morgan fingerprint density at radius 3 is 2.39 bits per heavy atom. The number of carbonyl (C=O) groups excluding carboxylic acids is 2. The van der Waals surface area contributed by atoms with Crippen LogP contribution in [0.1, 0.15) is 12.0 Å². The first kappa shape index (κ1) is 25.5. The van der Waals surface area contributed by atoms with E-state index in [9.17, 15) is 9.59 Å². The third-order valence-electron chi connectivity index (χ3n) is 5.81. The Kier molecular flexibility index (Phi) is 8.07. The molecule has 0 saturated carbocycles. The predicted molar refractivity (Wildman–Crippen MR) is 139 cm³/mol. The molecule has 0 aliphatic carbocycles. The molecule has 0 bridgehead atoms. The first-order valence-corrected chi connectivity index (χ1v) is 11.9. The molecule has 0 radical (unpaired) electrons. The molecule has 3 aromatic rings.